The lowest BCUT2D eigenvalue weighted by Crippen LogP contribution is -2.45. The highest BCUT2D eigenvalue weighted by Crippen LogP contribution is 2.19. The molecule has 0 radical (unpaired) electrons. The van der Waals surface area contributed by atoms with Crippen LogP contribution >= 0.6 is 24.0 Å². The number of aliphatic imine (C=N–C) groups is 1. The van der Waals surface area contributed by atoms with Gasteiger partial charge in [0.15, 0.2) is 5.96 Å². The first-order valence-corrected chi connectivity index (χ1v) is 11.3. The lowest BCUT2D eigenvalue weighted by Gasteiger charge is -2.31. The third kappa shape index (κ3) is 6.45. The number of nitrogens with zero attached hydrogens (tertiary/aromatic N) is 4. The average molecular weight is 523 g/mol. The van der Waals surface area contributed by atoms with Crippen LogP contribution < -0.4 is 10.1 Å². The number of pyridine rings is 1. The Morgan fingerprint density at radius 3 is 2.64 bits per heavy atom. The van der Waals surface area contributed by atoms with Crippen molar-refractivity contribution < 1.29 is 13.2 Å². The summed E-state index contributed by atoms with van der Waals surface area (Å²) in [6, 6.07) is 5.67. The predicted molar refractivity (Wildman–Crippen MR) is 121 cm³/mol. The Morgan fingerprint density at radius 1 is 1.29 bits per heavy atom. The number of piperidine rings is 1. The van der Waals surface area contributed by atoms with Gasteiger partial charge in [0.05, 0.1) is 12.8 Å². The molecule has 2 saturated heterocycles. The highest BCUT2D eigenvalue weighted by atomic mass is 127. The Kier molecular flexibility index (Phi) is 8.75. The predicted octanol–water partition coefficient (Wildman–Crippen LogP) is 1.40. The minimum absolute atomic E-state index is 0. The van der Waals surface area contributed by atoms with E-state index in [1.165, 1.54) is 6.26 Å². The van der Waals surface area contributed by atoms with Crippen LogP contribution in [0.25, 0.3) is 0 Å². The largest absolute Gasteiger partial charge is 0.472 e. The van der Waals surface area contributed by atoms with Crippen LogP contribution in [0.4, 0.5) is 0 Å². The van der Waals surface area contributed by atoms with Crippen LogP contribution in [0.3, 0.4) is 0 Å². The van der Waals surface area contributed by atoms with Gasteiger partial charge in [-0.3, -0.25) is 4.99 Å². The second kappa shape index (κ2) is 10.6. The van der Waals surface area contributed by atoms with Crippen molar-refractivity contribution in [2.24, 2.45) is 10.9 Å². The van der Waals surface area contributed by atoms with Gasteiger partial charge in [-0.15, -0.1) is 24.0 Å². The third-order valence-corrected chi connectivity index (χ3v) is 6.48. The molecule has 1 aromatic heterocycles. The molecule has 1 aromatic rings. The van der Waals surface area contributed by atoms with Gasteiger partial charge in [-0.2, -0.15) is 0 Å². The molecule has 8 nitrogen and oxygen atoms in total. The number of aromatic nitrogens is 1. The van der Waals surface area contributed by atoms with E-state index < -0.39 is 10.0 Å². The van der Waals surface area contributed by atoms with Crippen molar-refractivity contribution in [2.45, 2.75) is 25.4 Å². The minimum Gasteiger partial charge on any atom is -0.472 e. The SMILES string of the molecule is CN=C(NCC1CCN(S(C)(=O)=O)CC1)N1CCC(Oc2ccccn2)C1.I. The third-order valence-electron chi connectivity index (χ3n) is 5.17. The molecule has 10 heteroatoms. The molecule has 158 valence electrons. The molecule has 0 bridgehead atoms. The molecule has 3 heterocycles. The van der Waals surface area contributed by atoms with Gasteiger partial charge >= 0.3 is 0 Å². The molecule has 1 unspecified atom stereocenters. The van der Waals surface area contributed by atoms with Crippen molar-refractivity contribution in [3.8, 4) is 5.88 Å². The molecule has 0 saturated carbocycles. The molecule has 1 N–H and O–H groups in total. The summed E-state index contributed by atoms with van der Waals surface area (Å²) in [5, 5.41) is 3.46. The highest BCUT2D eigenvalue weighted by Gasteiger charge is 2.28. The highest BCUT2D eigenvalue weighted by molar-refractivity contribution is 14.0. The number of rotatable bonds is 5. The van der Waals surface area contributed by atoms with E-state index in [-0.39, 0.29) is 30.1 Å². The molecule has 0 amide bonds. The first kappa shape index (κ1) is 23.1. The number of hydrogen-bond donors (Lipinski definition) is 1. The van der Waals surface area contributed by atoms with Gasteiger partial charge in [-0.1, -0.05) is 6.07 Å². The number of halogens is 1. The van der Waals surface area contributed by atoms with E-state index in [9.17, 15) is 8.42 Å². The normalized spacial score (nSPS) is 22.0. The fourth-order valence-corrected chi connectivity index (χ4v) is 4.49. The number of ether oxygens (including phenoxy) is 1. The zero-order valence-electron chi connectivity index (χ0n) is 16.5. The van der Waals surface area contributed by atoms with Crippen molar-refractivity contribution >= 4 is 40.0 Å². The van der Waals surface area contributed by atoms with Crippen molar-refractivity contribution in [3.05, 3.63) is 24.4 Å². The molecule has 28 heavy (non-hydrogen) atoms. The van der Waals surface area contributed by atoms with Gasteiger partial charge in [0.2, 0.25) is 15.9 Å². The molecule has 2 fully saturated rings. The summed E-state index contributed by atoms with van der Waals surface area (Å²) in [7, 11) is -1.28. The van der Waals surface area contributed by atoms with Crippen LogP contribution in [0.2, 0.25) is 0 Å². The maximum Gasteiger partial charge on any atom is 0.213 e. The molecule has 2 aliphatic rings. The van der Waals surface area contributed by atoms with Crippen LogP contribution in [-0.2, 0) is 10.0 Å². The maximum absolute atomic E-state index is 11.6. The molecule has 2 aliphatic heterocycles. The summed E-state index contributed by atoms with van der Waals surface area (Å²) in [4.78, 5) is 10.8. The smallest absolute Gasteiger partial charge is 0.213 e. The first-order valence-electron chi connectivity index (χ1n) is 9.44. The van der Waals surface area contributed by atoms with E-state index in [4.69, 9.17) is 4.74 Å². The minimum atomic E-state index is -3.07. The molecule has 3 rings (SSSR count). The van der Waals surface area contributed by atoms with Gasteiger partial charge in [-0.25, -0.2) is 17.7 Å². The zero-order valence-corrected chi connectivity index (χ0v) is 19.6. The van der Waals surface area contributed by atoms with E-state index in [2.05, 4.69) is 20.2 Å². The van der Waals surface area contributed by atoms with Crippen LogP contribution in [0.15, 0.2) is 29.4 Å². The maximum atomic E-state index is 11.6. The van der Waals surface area contributed by atoms with Gasteiger partial charge < -0.3 is 15.0 Å². The second-order valence-corrected chi connectivity index (χ2v) is 9.16. The quantitative estimate of drug-likeness (QED) is 0.357. The number of guanidine groups is 1. The number of hydrogen-bond acceptors (Lipinski definition) is 5. The Hall–Kier alpha value is -1.14. The number of sulfonamides is 1. The van der Waals surface area contributed by atoms with Gasteiger partial charge in [0, 0.05) is 51.9 Å². The van der Waals surface area contributed by atoms with E-state index in [1.54, 1.807) is 17.5 Å². The van der Waals surface area contributed by atoms with Crippen LogP contribution in [-0.4, -0.2) is 80.7 Å². The number of nitrogens with one attached hydrogen (secondary N) is 1. The lowest BCUT2D eigenvalue weighted by atomic mass is 9.98. The summed E-state index contributed by atoms with van der Waals surface area (Å²) in [6.07, 6.45) is 5.81. The fourth-order valence-electron chi connectivity index (χ4n) is 3.62. The molecular weight excluding hydrogens is 493 g/mol. The Bertz CT molecular complexity index is 739. The molecule has 0 aromatic carbocycles. The van der Waals surface area contributed by atoms with Gasteiger partial charge in [0.25, 0.3) is 0 Å². The van der Waals surface area contributed by atoms with E-state index in [0.29, 0.717) is 24.9 Å². The summed E-state index contributed by atoms with van der Waals surface area (Å²) in [5.74, 6) is 2.00. The molecule has 0 spiro atoms. The average Bonchev–Trinajstić information content (AvgIpc) is 3.11. The summed E-state index contributed by atoms with van der Waals surface area (Å²) in [5.41, 5.74) is 0. The Balaban J connectivity index is 0.00000280. The van der Waals surface area contributed by atoms with Crippen molar-refractivity contribution in [2.75, 3.05) is 46.0 Å². The fraction of sp³-hybridized carbons (Fsp3) is 0.667. The van der Waals surface area contributed by atoms with E-state index in [0.717, 1.165) is 44.9 Å². The van der Waals surface area contributed by atoms with Crippen LogP contribution in [0.1, 0.15) is 19.3 Å². The zero-order chi connectivity index (χ0) is 19.3. The monoisotopic (exact) mass is 523 g/mol. The first-order chi connectivity index (χ1) is 13.0. The van der Waals surface area contributed by atoms with Gasteiger partial charge in [-0.05, 0) is 24.8 Å². The Morgan fingerprint density at radius 2 is 2.04 bits per heavy atom. The second-order valence-electron chi connectivity index (χ2n) is 7.18. The summed E-state index contributed by atoms with van der Waals surface area (Å²) < 4.78 is 30.7. The summed E-state index contributed by atoms with van der Waals surface area (Å²) in [6.45, 7) is 3.69. The lowest BCUT2D eigenvalue weighted by molar-refractivity contribution is 0.205. The number of likely N-dealkylation sites (tertiary alicyclic amines) is 1. The Labute approximate surface area is 184 Å². The molecule has 0 aliphatic carbocycles. The topological polar surface area (TPSA) is 87.1 Å². The van der Waals surface area contributed by atoms with Crippen LogP contribution in [0, 0.1) is 5.92 Å². The van der Waals surface area contributed by atoms with E-state index in [1.807, 2.05) is 18.2 Å². The van der Waals surface area contributed by atoms with Crippen LogP contribution in [0.5, 0.6) is 5.88 Å². The standard InChI is InChI=1S/C18H29N5O3S.HI/c1-19-18(21-13-15-6-11-23(12-7-15)27(2,24)25)22-10-8-16(14-22)26-17-5-3-4-9-20-17;/h3-5,9,15-16H,6-8,10-14H2,1-2H3,(H,19,21);1H. The summed E-state index contributed by atoms with van der Waals surface area (Å²) >= 11 is 0. The van der Waals surface area contributed by atoms with Crippen molar-refractivity contribution in [1.82, 2.24) is 19.5 Å². The molecular formula is C18H30IN5O3S. The van der Waals surface area contributed by atoms with Crippen molar-refractivity contribution in [3.63, 3.8) is 0 Å². The van der Waals surface area contributed by atoms with E-state index >= 15 is 0 Å². The van der Waals surface area contributed by atoms with Crippen molar-refractivity contribution in [1.29, 1.82) is 0 Å². The molecule has 1 atom stereocenters. The van der Waals surface area contributed by atoms with Gasteiger partial charge in [0.1, 0.15) is 6.10 Å².